The summed E-state index contributed by atoms with van der Waals surface area (Å²) in [5, 5.41) is 6.26. The lowest BCUT2D eigenvalue weighted by molar-refractivity contribution is 0.0513. The summed E-state index contributed by atoms with van der Waals surface area (Å²) >= 11 is 4.81. The van der Waals surface area contributed by atoms with E-state index in [0.29, 0.717) is 23.5 Å². The van der Waals surface area contributed by atoms with Crippen molar-refractivity contribution in [1.29, 1.82) is 0 Å². The molecule has 0 spiro atoms. The first-order valence-electron chi connectivity index (χ1n) is 7.26. The highest BCUT2D eigenvalue weighted by atomic mass is 32.1. The number of alkyl carbamates (subject to hydrolysis) is 1. The molecule has 0 aliphatic heterocycles. The maximum Gasteiger partial charge on any atom is 0.407 e. The van der Waals surface area contributed by atoms with E-state index < -0.39 is 5.60 Å². The van der Waals surface area contributed by atoms with Gasteiger partial charge in [-0.1, -0.05) is 0 Å². The summed E-state index contributed by atoms with van der Waals surface area (Å²) < 4.78 is 5.23. The molecule has 0 atom stereocenters. The number of hydrogen-bond acceptors (Lipinski definition) is 3. The first kappa shape index (κ1) is 17.0. The monoisotopic (exact) mass is 301 g/mol. The second-order valence-corrected chi connectivity index (χ2v) is 6.95. The van der Waals surface area contributed by atoms with Crippen LogP contribution in [0.5, 0.6) is 0 Å². The van der Waals surface area contributed by atoms with E-state index in [1.165, 1.54) is 0 Å². The number of thiocarbonyl (C=S) groups is 1. The first-order valence-corrected chi connectivity index (χ1v) is 7.67. The van der Waals surface area contributed by atoms with Crippen LogP contribution in [0.15, 0.2) is 0 Å². The van der Waals surface area contributed by atoms with Crippen molar-refractivity contribution in [2.75, 3.05) is 13.1 Å². The molecule has 0 aromatic carbocycles. The molecule has 116 valence electrons. The molecule has 0 heterocycles. The lowest BCUT2D eigenvalue weighted by Gasteiger charge is -2.29. The van der Waals surface area contributed by atoms with E-state index in [-0.39, 0.29) is 6.09 Å². The van der Waals surface area contributed by atoms with Crippen LogP contribution in [-0.2, 0) is 4.74 Å². The number of carbonyl (C=O) groups excluding carboxylic acids is 1. The Morgan fingerprint density at radius 2 is 1.60 bits per heavy atom. The molecule has 1 fully saturated rings. The molecule has 0 bridgehead atoms. The lowest BCUT2D eigenvalue weighted by Crippen LogP contribution is -2.38. The molecule has 20 heavy (non-hydrogen) atoms. The van der Waals surface area contributed by atoms with E-state index in [0.717, 1.165) is 32.2 Å². The second-order valence-electron chi connectivity index (χ2n) is 6.51. The van der Waals surface area contributed by atoms with E-state index in [4.69, 9.17) is 22.7 Å². The summed E-state index contributed by atoms with van der Waals surface area (Å²) in [5.41, 5.74) is 4.99. The van der Waals surface area contributed by atoms with E-state index in [2.05, 4.69) is 10.6 Å². The Bertz CT molecular complexity index is 334. The van der Waals surface area contributed by atoms with Crippen molar-refractivity contribution in [1.82, 2.24) is 10.6 Å². The van der Waals surface area contributed by atoms with Crippen LogP contribution in [0.2, 0.25) is 0 Å². The van der Waals surface area contributed by atoms with Crippen LogP contribution in [0.3, 0.4) is 0 Å². The Hall–Kier alpha value is -1.04. The third kappa shape index (κ3) is 7.53. The van der Waals surface area contributed by atoms with Crippen LogP contribution < -0.4 is 16.4 Å². The van der Waals surface area contributed by atoms with Gasteiger partial charge >= 0.3 is 6.09 Å². The molecule has 1 aliphatic carbocycles. The SMILES string of the molecule is CC(C)(C)OC(=O)NCC1CCC(CNC(N)=S)CC1. The normalized spacial score (nSPS) is 22.9. The molecule has 0 saturated heterocycles. The summed E-state index contributed by atoms with van der Waals surface area (Å²) in [7, 11) is 0. The average molecular weight is 301 g/mol. The van der Waals surface area contributed by atoms with Gasteiger partial charge in [-0.3, -0.25) is 0 Å². The fraction of sp³-hybridized carbons (Fsp3) is 0.857. The smallest absolute Gasteiger partial charge is 0.407 e. The number of nitrogens with two attached hydrogens (primary N) is 1. The summed E-state index contributed by atoms with van der Waals surface area (Å²) in [6.07, 6.45) is 4.22. The third-order valence-electron chi connectivity index (χ3n) is 3.47. The topological polar surface area (TPSA) is 76.4 Å². The zero-order valence-electron chi connectivity index (χ0n) is 12.7. The van der Waals surface area contributed by atoms with Crippen LogP contribution in [0, 0.1) is 11.8 Å². The largest absolute Gasteiger partial charge is 0.444 e. The van der Waals surface area contributed by atoms with Crippen LogP contribution >= 0.6 is 12.2 Å². The van der Waals surface area contributed by atoms with E-state index >= 15 is 0 Å². The minimum atomic E-state index is -0.436. The molecule has 4 N–H and O–H groups in total. The molecule has 0 aromatic heterocycles. The Labute approximate surface area is 127 Å². The minimum Gasteiger partial charge on any atom is -0.444 e. The Morgan fingerprint density at radius 1 is 1.15 bits per heavy atom. The average Bonchev–Trinajstić information content (AvgIpc) is 2.33. The molecule has 5 nitrogen and oxygen atoms in total. The van der Waals surface area contributed by atoms with Gasteiger partial charge in [0.2, 0.25) is 0 Å². The molecule has 0 aromatic rings. The molecular weight excluding hydrogens is 274 g/mol. The third-order valence-corrected chi connectivity index (χ3v) is 3.61. The fourth-order valence-electron chi connectivity index (χ4n) is 2.43. The van der Waals surface area contributed by atoms with Gasteiger partial charge in [-0.2, -0.15) is 0 Å². The van der Waals surface area contributed by atoms with Crippen molar-refractivity contribution in [3.05, 3.63) is 0 Å². The van der Waals surface area contributed by atoms with E-state index in [1.54, 1.807) is 0 Å². The number of hydrogen-bond donors (Lipinski definition) is 3. The number of nitrogens with one attached hydrogen (secondary N) is 2. The Morgan fingerprint density at radius 3 is 2.00 bits per heavy atom. The van der Waals surface area contributed by atoms with Crippen molar-refractivity contribution in [2.24, 2.45) is 17.6 Å². The van der Waals surface area contributed by atoms with Gasteiger partial charge in [0.25, 0.3) is 0 Å². The van der Waals surface area contributed by atoms with Gasteiger partial charge in [-0.25, -0.2) is 4.79 Å². The van der Waals surface area contributed by atoms with Crippen molar-refractivity contribution in [3.8, 4) is 0 Å². The van der Waals surface area contributed by atoms with Crippen molar-refractivity contribution in [3.63, 3.8) is 0 Å². The first-order chi connectivity index (χ1) is 9.26. The molecule has 1 rings (SSSR count). The standard InChI is InChI=1S/C14H27N3O2S/c1-14(2,3)19-13(18)17-9-11-6-4-10(5-7-11)8-16-12(15)20/h10-11H,4-9H2,1-3H3,(H,17,18)(H3,15,16,20). The Kier molecular flexibility index (Phi) is 6.52. The number of rotatable bonds is 4. The zero-order chi connectivity index (χ0) is 15.2. The minimum absolute atomic E-state index is 0.324. The predicted octanol–water partition coefficient (Wildman–Crippen LogP) is 2.15. The predicted molar refractivity (Wildman–Crippen MR) is 84.5 cm³/mol. The van der Waals surface area contributed by atoms with Gasteiger partial charge in [0.05, 0.1) is 0 Å². The summed E-state index contributed by atoms with van der Waals surface area (Å²) in [6, 6.07) is 0. The molecule has 0 radical (unpaired) electrons. The molecule has 0 unspecified atom stereocenters. The van der Waals surface area contributed by atoms with Gasteiger partial charge < -0.3 is 21.1 Å². The maximum atomic E-state index is 11.6. The lowest BCUT2D eigenvalue weighted by atomic mass is 9.82. The van der Waals surface area contributed by atoms with Gasteiger partial charge in [-0.15, -0.1) is 0 Å². The van der Waals surface area contributed by atoms with E-state index in [9.17, 15) is 4.79 Å². The number of ether oxygens (including phenoxy) is 1. The highest BCUT2D eigenvalue weighted by Crippen LogP contribution is 2.27. The fourth-order valence-corrected chi connectivity index (χ4v) is 2.51. The second kappa shape index (κ2) is 7.67. The molecular formula is C14H27N3O2S. The van der Waals surface area contributed by atoms with Crippen molar-refractivity contribution in [2.45, 2.75) is 52.1 Å². The van der Waals surface area contributed by atoms with Crippen LogP contribution in [0.1, 0.15) is 46.5 Å². The summed E-state index contributed by atoms with van der Waals surface area (Å²) in [6.45, 7) is 7.16. The Balaban J connectivity index is 2.16. The van der Waals surface area contributed by atoms with E-state index in [1.807, 2.05) is 20.8 Å². The van der Waals surface area contributed by atoms with Crippen LogP contribution in [0.4, 0.5) is 4.79 Å². The van der Waals surface area contributed by atoms with Gasteiger partial charge in [0.1, 0.15) is 5.60 Å². The maximum absolute atomic E-state index is 11.6. The molecule has 6 heteroatoms. The zero-order valence-corrected chi connectivity index (χ0v) is 13.5. The van der Waals surface area contributed by atoms with Crippen molar-refractivity contribution >= 4 is 23.4 Å². The number of carbonyl (C=O) groups is 1. The molecule has 1 saturated carbocycles. The van der Waals surface area contributed by atoms with Crippen LogP contribution in [-0.4, -0.2) is 29.9 Å². The summed E-state index contributed by atoms with van der Waals surface area (Å²) in [4.78, 5) is 11.6. The summed E-state index contributed by atoms with van der Waals surface area (Å²) in [5.74, 6) is 1.18. The van der Waals surface area contributed by atoms with Gasteiger partial charge in [0.15, 0.2) is 5.11 Å². The quantitative estimate of drug-likeness (QED) is 0.694. The van der Waals surface area contributed by atoms with Gasteiger partial charge in [-0.05, 0) is 70.5 Å². The van der Waals surface area contributed by atoms with Crippen molar-refractivity contribution < 1.29 is 9.53 Å². The highest BCUT2D eigenvalue weighted by molar-refractivity contribution is 7.80. The molecule has 1 amide bonds. The van der Waals surface area contributed by atoms with Crippen LogP contribution in [0.25, 0.3) is 0 Å². The van der Waals surface area contributed by atoms with Gasteiger partial charge in [0, 0.05) is 13.1 Å². The highest BCUT2D eigenvalue weighted by Gasteiger charge is 2.22. The molecule has 1 aliphatic rings. The number of amides is 1.